The molecule has 0 aliphatic carbocycles. The Morgan fingerprint density at radius 2 is 1.18 bits per heavy atom. The Hall–Kier alpha value is -0.629. The second-order valence-corrected chi connectivity index (χ2v) is 11.3. The van der Waals surface area contributed by atoms with Gasteiger partial charge in [0.1, 0.15) is 6.04 Å². The number of rotatable bonds is 7. The van der Waals surface area contributed by atoms with Crippen LogP contribution in [-0.4, -0.2) is 169 Å². The first kappa shape index (κ1) is 70.9. The number of benzene rings is 2. The third kappa shape index (κ3) is 34.7. The predicted molar refractivity (Wildman–Crippen MR) is 247 cm³/mol. The van der Waals surface area contributed by atoms with Crippen LogP contribution in [0.4, 0.5) is 5.69 Å². The molecule has 2 aromatic rings. The Balaban J connectivity index is -0.000000111. The van der Waals surface area contributed by atoms with E-state index in [2.05, 4.69) is 111 Å². The molecule has 5 rings (SSSR count). The van der Waals surface area contributed by atoms with Gasteiger partial charge in [0, 0.05) is 113 Å². The number of anilines is 1. The van der Waals surface area contributed by atoms with Gasteiger partial charge in [0.05, 0.1) is 19.2 Å². The van der Waals surface area contributed by atoms with Gasteiger partial charge in [-0.1, -0.05) is 95.1 Å². The number of hydrogen-bond donors (Lipinski definition) is 2. The van der Waals surface area contributed by atoms with Gasteiger partial charge >= 0.3 is 0 Å². The van der Waals surface area contributed by atoms with E-state index in [0.29, 0.717) is 25.3 Å². The first-order chi connectivity index (χ1) is 25.7. The molecule has 3 fully saturated rings. The standard InChI is InChI=1S/C12H17BN2O.C7H8.C6H9BN2O3.C6H13BN2O.2C2H6.2CH5P.2CH3.2W/c1-14-7-8-15(12(9-14)10-16-13)11-5-3-2-4-6-11;1-7-5-3-2-4-6-7;1-9-2-5(10)8-4(3-12-7)6(9)11;1-9-3-2-8-6(4-9)5-10-7;4*1-2;;;;/h2-6,12H,7-10H2,1H3;2-6H,1H3;4H,2-3H2,1H3,(H,8,10);6,8H,2-5H2,1H3;2*1-2H3;2*2H2,1H3;2*1H3;;/q;;;;;;;;2*-1;;. The van der Waals surface area contributed by atoms with Gasteiger partial charge in [-0.2, -0.15) is 0 Å². The zero-order valence-electron chi connectivity index (χ0n) is 37.1. The summed E-state index contributed by atoms with van der Waals surface area (Å²) in [6.45, 7) is 21.5. The van der Waals surface area contributed by atoms with E-state index in [1.165, 1.54) is 16.2 Å². The molecule has 3 heterocycles. The molecule has 6 radical (unpaired) electrons. The molecule has 2 aromatic carbocycles. The van der Waals surface area contributed by atoms with E-state index in [-0.39, 0.29) is 81.9 Å². The number of para-hydroxylation sites is 1. The van der Waals surface area contributed by atoms with Crippen molar-refractivity contribution in [2.45, 2.75) is 52.7 Å². The molecule has 3 aliphatic rings. The van der Waals surface area contributed by atoms with Crippen molar-refractivity contribution in [3.63, 3.8) is 0 Å². The van der Waals surface area contributed by atoms with Gasteiger partial charge in [-0.05, 0) is 33.2 Å². The first-order valence-electron chi connectivity index (χ1n) is 18.3. The van der Waals surface area contributed by atoms with E-state index in [1.807, 2.05) is 65.3 Å². The van der Waals surface area contributed by atoms with Gasteiger partial charge in [0.25, 0.3) is 24.1 Å². The van der Waals surface area contributed by atoms with Crippen LogP contribution in [0, 0.1) is 21.8 Å². The summed E-state index contributed by atoms with van der Waals surface area (Å²) < 4.78 is 13.6. The molecule has 3 saturated heterocycles. The average Bonchev–Trinajstić information content (AvgIpc) is 3.19. The van der Waals surface area contributed by atoms with Gasteiger partial charge in [0.2, 0.25) is 11.8 Å². The number of hydrogen-bond acceptors (Lipinski definition) is 9. The largest absolute Gasteiger partial charge is 0.446 e. The molecule has 18 heteroatoms. The minimum atomic E-state index is -0.638. The summed E-state index contributed by atoms with van der Waals surface area (Å²) in [5, 5.41) is 5.77. The third-order valence-electron chi connectivity index (χ3n) is 7.41. The number of piperazine rings is 3. The Morgan fingerprint density at radius 1 is 0.702 bits per heavy atom. The molecule has 11 nitrogen and oxygen atoms in total. The zero-order chi connectivity index (χ0) is 41.0. The van der Waals surface area contributed by atoms with E-state index >= 15 is 0 Å². The van der Waals surface area contributed by atoms with Gasteiger partial charge < -0.3 is 59.0 Å². The average molecular weight is 1170 g/mol. The molecule has 0 saturated carbocycles. The topological polar surface area (TPSA) is 98.9 Å². The smallest absolute Gasteiger partial charge is 0.282 e. The zero-order valence-corrected chi connectivity index (χ0v) is 45.3. The molecular formula is C39H75B3N6O5P2W2-2. The maximum Gasteiger partial charge on any atom is 0.282 e. The maximum absolute atomic E-state index is 11.2. The Bertz CT molecular complexity index is 1120. The third-order valence-corrected chi connectivity index (χ3v) is 7.41. The van der Waals surface area contributed by atoms with Crippen molar-refractivity contribution in [1.82, 2.24) is 25.3 Å². The number of nitrogens with zero attached hydrogens (tertiary/aromatic N) is 4. The van der Waals surface area contributed by atoms with E-state index in [4.69, 9.17) is 28.8 Å². The van der Waals surface area contributed by atoms with Crippen LogP contribution in [0.1, 0.15) is 33.3 Å². The SMILES string of the molecule is CC.CC.CP.CP.Cc1ccccc1.[B]OCC1CN(C)CCN1.[B]OCC1CN(C)CCN1c1ccccc1.[B]OCC1NC(=O)CN(C)C1=O.[CH3-].[CH3-].[W].[W]. The van der Waals surface area contributed by atoms with Crippen molar-refractivity contribution in [2.24, 2.45) is 0 Å². The fraction of sp³-hybridized carbons (Fsp3) is 0.590. The van der Waals surface area contributed by atoms with Crippen molar-refractivity contribution < 1.29 is 65.7 Å². The van der Waals surface area contributed by atoms with Crippen molar-refractivity contribution >= 4 is 60.1 Å². The quantitative estimate of drug-likeness (QED) is 0.244. The van der Waals surface area contributed by atoms with Crippen molar-refractivity contribution in [3.8, 4) is 0 Å². The van der Waals surface area contributed by atoms with Crippen LogP contribution in [0.3, 0.4) is 0 Å². The summed E-state index contributed by atoms with van der Waals surface area (Å²) in [5.41, 5.74) is 2.57. The monoisotopic (exact) mass is 1170 g/mol. The first-order valence-corrected chi connectivity index (χ1v) is 20.6. The summed E-state index contributed by atoms with van der Waals surface area (Å²) in [6, 6.07) is 20.8. The Labute approximate surface area is 387 Å². The summed E-state index contributed by atoms with van der Waals surface area (Å²) in [6.07, 6.45) is 0. The number of amides is 2. The van der Waals surface area contributed by atoms with Crippen LogP contribution < -0.4 is 15.5 Å². The van der Waals surface area contributed by atoms with E-state index < -0.39 is 6.04 Å². The van der Waals surface area contributed by atoms with Crippen LogP contribution in [0.15, 0.2) is 60.7 Å². The predicted octanol–water partition coefficient (Wildman–Crippen LogP) is 3.87. The van der Waals surface area contributed by atoms with Gasteiger partial charge in [0.15, 0.2) is 0 Å². The van der Waals surface area contributed by atoms with Crippen LogP contribution >= 0.6 is 18.5 Å². The van der Waals surface area contributed by atoms with Crippen molar-refractivity contribution in [2.75, 3.05) is 105 Å². The van der Waals surface area contributed by atoms with Crippen molar-refractivity contribution in [1.29, 1.82) is 0 Å². The van der Waals surface area contributed by atoms with E-state index in [9.17, 15) is 9.59 Å². The van der Waals surface area contributed by atoms with E-state index in [1.54, 1.807) is 7.05 Å². The summed E-state index contributed by atoms with van der Waals surface area (Å²) >= 11 is 0. The molecule has 324 valence electrons. The molecule has 3 aliphatic heterocycles. The molecular weight excluding hydrogens is 1090 g/mol. The van der Waals surface area contributed by atoms with Crippen LogP contribution in [0.5, 0.6) is 0 Å². The second kappa shape index (κ2) is 49.7. The van der Waals surface area contributed by atoms with E-state index in [0.717, 1.165) is 39.3 Å². The number of carbonyl (C=O) groups is 2. The molecule has 2 N–H and O–H groups in total. The Kier molecular flexibility index (Phi) is 61.9. The molecule has 5 atom stereocenters. The van der Waals surface area contributed by atoms with Crippen LogP contribution in [-0.2, 0) is 65.7 Å². The molecule has 2 amide bonds. The van der Waals surface area contributed by atoms with Crippen LogP contribution in [0.2, 0.25) is 0 Å². The van der Waals surface area contributed by atoms with Crippen LogP contribution in [0.25, 0.3) is 0 Å². The number of likely N-dealkylation sites (N-methyl/N-ethyl adjacent to an activating group) is 3. The maximum atomic E-state index is 11.2. The number of carbonyl (C=O) groups excluding carboxylic acids is 2. The minimum Gasteiger partial charge on any atom is -0.446 e. The van der Waals surface area contributed by atoms with Gasteiger partial charge in [-0.3, -0.25) is 9.59 Å². The number of aryl methyl sites for hydroxylation is 1. The second-order valence-electron chi connectivity index (χ2n) is 11.3. The molecule has 5 unspecified atom stereocenters. The van der Waals surface area contributed by atoms with Gasteiger partial charge in [-0.25, -0.2) is 0 Å². The van der Waals surface area contributed by atoms with Crippen molar-refractivity contribution in [3.05, 3.63) is 81.1 Å². The normalized spacial score (nSPS) is 17.9. The number of nitrogens with one attached hydrogen (secondary N) is 2. The fourth-order valence-electron chi connectivity index (χ4n) is 5.05. The molecule has 57 heavy (non-hydrogen) atoms. The summed E-state index contributed by atoms with van der Waals surface area (Å²) in [4.78, 5) is 30.4. The molecule has 0 bridgehead atoms. The van der Waals surface area contributed by atoms with Gasteiger partial charge in [-0.15, -0.1) is 18.5 Å². The fourth-order valence-corrected chi connectivity index (χ4v) is 5.05. The summed E-state index contributed by atoms with van der Waals surface area (Å²) in [5.74, 6) is -0.376. The minimum absolute atomic E-state index is 0. The molecule has 0 spiro atoms. The molecule has 0 aromatic heterocycles. The summed E-state index contributed by atoms with van der Waals surface area (Å²) in [7, 11) is 25.6. The Morgan fingerprint density at radius 3 is 1.61 bits per heavy atom.